The minimum Gasteiger partial charge on any atom is -0.355 e. The highest BCUT2D eigenvalue weighted by molar-refractivity contribution is 5.76. The molecule has 0 aromatic carbocycles. The summed E-state index contributed by atoms with van der Waals surface area (Å²) in [5.74, 6) is 1.53. The Balaban J connectivity index is 1.71. The fourth-order valence-corrected chi connectivity index (χ4v) is 3.32. The average Bonchev–Trinajstić information content (AvgIpc) is 2.66. The monoisotopic (exact) mass is 369 g/mol. The number of rotatable bonds is 5. The van der Waals surface area contributed by atoms with Crippen molar-refractivity contribution in [1.82, 2.24) is 20.3 Å². The molecule has 2 N–H and O–H groups in total. The van der Waals surface area contributed by atoms with Crippen LogP contribution in [0.4, 0.5) is 5.82 Å². The minimum absolute atomic E-state index is 0.122. The number of pyridine rings is 1. The van der Waals surface area contributed by atoms with Gasteiger partial charge in [-0.15, -0.1) is 0 Å². The Morgan fingerprint density at radius 3 is 2.85 bits per heavy atom. The van der Waals surface area contributed by atoms with Crippen LogP contribution < -0.4 is 15.8 Å². The number of anilines is 1. The molecule has 1 fully saturated rings. The smallest absolute Gasteiger partial charge is 0.254 e. The van der Waals surface area contributed by atoms with Crippen molar-refractivity contribution in [1.29, 1.82) is 0 Å². The Bertz CT molecular complexity index is 860. The second-order valence-corrected chi connectivity index (χ2v) is 7.13. The first kappa shape index (κ1) is 19.1. The van der Waals surface area contributed by atoms with Crippen molar-refractivity contribution >= 4 is 11.7 Å². The maximum atomic E-state index is 12.0. The number of amides is 1. The van der Waals surface area contributed by atoms with E-state index in [1.54, 1.807) is 13.1 Å². The van der Waals surface area contributed by atoms with Gasteiger partial charge in [0.2, 0.25) is 5.91 Å². The van der Waals surface area contributed by atoms with Gasteiger partial charge in [0.15, 0.2) is 0 Å². The summed E-state index contributed by atoms with van der Waals surface area (Å²) in [6.07, 6.45) is 5.19. The van der Waals surface area contributed by atoms with Gasteiger partial charge >= 0.3 is 0 Å². The van der Waals surface area contributed by atoms with E-state index in [4.69, 9.17) is 0 Å². The normalized spacial score (nSPS) is 17.0. The van der Waals surface area contributed by atoms with Crippen molar-refractivity contribution in [2.75, 3.05) is 18.0 Å². The maximum Gasteiger partial charge on any atom is 0.254 e. The van der Waals surface area contributed by atoms with E-state index in [0.717, 1.165) is 49.4 Å². The number of nitrogens with one attached hydrogen (secondary N) is 2. The van der Waals surface area contributed by atoms with Gasteiger partial charge in [0.25, 0.3) is 5.56 Å². The van der Waals surface area contributed by atoms with E-state index in [0.29, 0.717) is 17.8 Å². The van der Waals surface area contributed by atoms with E-state index in [-0.39, 0.29) is 17.5 Å². The van der Waals surface area contributed by atoms with Crippen molar-refractivity contribution in [3.05, 3.63) is 39.9 Å². The highest BCUT2D eigenvalue weighted by Crippen LogP contribution is 2.21. The quantitative estimate of drug-likeness (QED) is 0.844. The SMILES string of the molecule is CCCC(=O)NC1CCCN(c2ccc(-c3nc(C)c(C)c(=O)[nH]3)cn2)C1. The predicted octanol–water partition coefficient (Wildman–Crippen LogP) is 2.33. The van der Waals surface area contributed by atoms with Gasteiger partial charge in [-0.1, -0.05) is 6.92 Å². The van der Waals surface area contributed by atoms with Crippen LogP contribution in [0.15, 0.2) is 23.1 Å². The lowest BCUT2D eigenvalue weighted by atomic mass is 10.1. The molecule has 0 radical (unpaired) electrons. The third-order valence-electron chi connectivity index (χ3n) is 5.00. The van der Waals surface area contributed by atoms with E-state index in [1.165, 1.54) is 0 Å². The molecule has 1 saturated heterocycles. The molecule has 0 saturated carbocycles. The summed E-state index contributed by atoms with van der Waals surface area (Å²) in [6, 6.07) is 4.03. The van der Waals surface area contributed by atoms with Crippen molar-refractivity contribution in [3.8, 4) is 11.4 Å². The van der Waals surface area contributed by atoms with Gasteiger partial charge in [0, 0.05) is 48.6 Å². The van der Waals surface area contributed by atoms with Gasteiger partial charge < -0.3 is 15.2 Å². The third kappa shape index (κ3) is 4.53. The summed E-state index contributed by atoms with van der Waals surface area (Å²) >= 11 is 0. The van der Waals surface area contributed by atoms with Crippen molar-refractivity contribution in [3.63, 3.8) is 0 Å². The topological polar surface area (TPSA) is 91.0 Å². The lowest BCUT2D eigenvalue weighted by Gasteiger charge is -2.34. The Labute approximate surface area is 159 Å². The fourth-order valence-electron chi connectivity index (χ4n) is 3.32. The number of nitrogens with zero attached hydrogens (tertiary/aromatic N) is 3. The molecule has 1 amide bonds. The number of aromatic nitrogens is 3. The van der Waals surface area contributed by atoms with Gasteiger partial charge in [-0.2, -0.15) is 0 Å². The standard InChI is InChI=1S/C20H27N5O2/c1-4-6-18(26)23-16-7-5-10-25(12-16)17-9-8-15(11-21-17)19-22-14(3)13(2)20(27)24-19/h8-9,11,16H,4-7,10,12H2,1-3H3,(H,23,26)(H,22,24,27). The molecule has 27 heavy (non-hydrogen) atoms. The fraction of sp³-hybridized carbons (Fsp3) is 0.500. The predicted molar refractivity (Wildman–Crippen MR) is 106 cm³/mol. The molecule has 0 spiro atoms. The number of carbonyl (C=O) groups excluding carboxylic acids is 1. The van der Waals surface area contributed by atoms with E-state index in [1.807, 2.05) is 26.0 Å². The number of carbonyl (C=O) groups is 1. The average molecular weight is 369 g/mol. The summed E-state index contributed by atoms with van der Waals surface area (Å²) in [5, 5.41) is 3.12. The summed E-state index contributed by atoms with van der Waals surface area (Å²) in [6.45, 7) is 7.29. The number of piperidine rings is 1. The molecule has 0 bridgehead atoms. The maximum absolute atomic E-state index is 12.0. The van der Waals surface area contributed by atoms with Crippen LogP contribution in [-0.2, 0) is 4.79 Å². The molecule has 1 unspecified atom stereocenters. The second kappa shape index (κ2) is 8.33. The number of hydrogen-bond acceptors (Lipinski definition) is 5. The van der Waals surface area contributed by atoms with Gasteiger partial charge in [-0.3, -0.25) is 9.59 Å². The Morgan fingerprint density at radius 2 is 2.19 bits per heavy atom. The van der Waals surface area contributed by atoms with Crippen molar-refractivity contribution in [2.24, 2.45) is 0 Å². The van der Waals surface area contributed by atoms with Gasteiger partial charge in [0.1, 0.15) is 11.6 Å². The molecule has 1 atom stereocenters. The molecule has 144 valence electrons. The van der Waals surface area contributed by atoms with E-state index >= 15 is 0 Å². The molecule has 2 aromatic rings. The Hall–Kier alpha value is -2.70. The Kier molecular flexibility index (Phi) is 5.88. The van der Waals surface area contributed by atoms with Crippen LogP contribution >= 0.6 is 0 Å². The lowest BCUT2D eigenvalue weighted by molar-refractivity contribution is -0.121. The van der Waals surface area contributed by atoms with E-state index in [2.05, 4.69) is 25.2 Å². The van der Waals surface area contributed by atoms with Gasteiger partial charge in [0.05, 0.1) is 0 Å². The molecule has 2 aromatic heterocycles. The molecule has 7 nitrogen and oxygen atoms in total. The summed E-state index contributed by atoms with van der Waals surface area (Å²) < 4.78 is 0. The zero-order valence-electron chi connectivity index (χ0n) is 16.2. The summed E-state index contributed by atoms with van der Waals surface area (Å²) in [5.41, 5.74) is 2.01. The highest BCUT2D eigenvalue weighted by atomic mass is 16.1. The number of H-pyrrole nitrogens is 1. The number of aryl methyl sites for hydroxylation is 1. The number of aromatic amines is 1. The Morgan fingerprint density at radius 1 is 1.37 bits per heavy atom. The van der Waals surface area contributed by atoms with Crippen LogP contribution in [0.25, 0.3) is 11.4 Å². The second-order valence-electron chi connectivity index (χ2n) is 7.13. The first-order valence-corrected chi connectivity index (χ1v) is 9.56. The zero-order valence-corrected chi connectivity index (χ0v) is 16.2. The van der Waals surface area contributed by atoms with Crippen LogP contribution in [0, 0.1) is 13.8 Å². The van der Waals surface area contributed by atoms with Crippen LogP contribution in [0.3, 0.4) is 0 Å². The first-order chi connectivity index (χ1) is 13.0. The minimum atomic E-state index is -0.122. The molecule has 3 heterocycles. The third-order valence-corrected chi connectivity index (χ3v) is 5.00. The van der Waals surface area contributed by atoms with E-state index in [9.17, 15) is 9.59 Å². The first-order valence-electron chi connectivity index (χ1n) is 9.56. The van der Waals surface area contributed by atoms with Gasteiger partial charge in [-0.05, 0) is 45.2 Å². The summed E-state index contributed by atoms with van der Waals surface area (Å²) in [4.78, 5) is 37.8. The zero-order chi connectivity index (χ0) is 19.4. The molecular weight excluding hydrogens is 342 g/mol. The molecule has 1 aliphatic heterocycles. The summed E-state index contributed by atoms with van der Waals surface area (Å²) in [7, 11) is 0. The highest BCUT2D eigenvalue weighted by Gasteiger charge is 2.22. The van der Waals surface area contributed by atoms with Crippen LogP contribution in [0.1, 0.15) is 43.9 Å². The van der Waals surface area contributed by atoms with Crippen LogP contribution in [0.5, 0.6) is 0 Å². The van der Waals surface area contributed by atoms with E-state index < -0.39 is 0 Å². The van der Waals surface area contributed by atoms with Crippen LogP contribution in [0.2, 0.25) is 0 Å². The largest absolute Gasteiger partial charge is 0.355 e. The number of hydrogen-bond donors (Lipinski definition) is 2. The molecule has 3 rings (SSSR count). The molecule has 0 aliphatic carbocycles. The van der Waals surface area contributed by atoms with Crippen molar-refractivity contribution in [2.45, 2.75) is 52.5 Å². The molecule has 1 aliphatic rings. The molecular formula is C20H27N5O2. The molecule has 7 heteroatoms. The lowest BCUT2D eigenvalue weighted by Crippen LogP contribution is -2.48. The van der Waals surface area contributed by atoms with Crippen molar-refractivity contribution < 1.29 is 4.79 Å². The van der Waals surface area contributed by atoms with Crippen LogP contribution in [-0.4, -0.2) is 40.0 Å². The van der Waals surface area contributed by atoms with Gasteiger partial charge in [-0.25, -0.2) is 9.97 Å².